The van der Waals surface area contributed by atoms with Crippen LogP contribution >= 0.6 is 0 Å². The van der Waals surface area contributed by atoms with Crippen LogP contribution in [-0.4, -0.2) is 52.4 Å². The number of fused-ring (bicyclic) bond motifs is 1. The summed E-state index contributed by atoms with van der Waals surface area (Å²) >= 11 is 0. The average Bonchev–Trinajstić information content (AvgIpc) is 3.28. The van der Waals surface area contributed by atoms with Crippen molar-refractivity contribution in [2.45, 2.75) is 6.42 Å². The molecule has 0 atom stereocenters. The van der Waals surface area contributed by atoms with E-state index in [4.69, 9.17) is 10.5 Å². The summed E-state index contributed by atoms with van der Waals surface area (Å²) in [5.41, 5.74) is 9.67. The van der Waals surface area contributed by atoms with E-state index in [1.165, 1.54) is 0 Å². The molecule has 0 aliphatic carbocycles. The van der Waals surface area contributed by atoms with Crippen molar-refractivity contribution in [1.29, 1.82) is 0 Å². The van der Waals surface area contributed by atoms with Crippen molar-refractivity contribution in [1.82, 2.24) is 19.3 Å². The number of nitrogens with two attached hydrogens (primary N) is 1. The molecule has 0 spiro atoms. The first-order valence-corrected chi connectivity index (χ1v) is 10.4. The number of benzene rings is 2. The molecule has 8 nitrogen and oxygen atoms in total. The van der Waals surface area contributed by atoms with Gasteiger partial charge in [0.15, 0.2) is 11.5 Å². The molecule has 8 heteroatoms. The second kappa shape index (κ2) is 9.49. The van der Waals surface area contributed by atoms with Crippen LogP contribution in [0.1, 0.15) is 16.8 Å². The molecular weight excluding hydrogens is 404 g/mol. The highest BCUT2D eigenvalue weighted by Crippen LogP contribution is 2.26. The zero-order valence-electron chi connectivity index (χ0n) is 18.2. The molecule has 0 saturated heterocycles. The number of ether oxygens (including phenoxy) is 1. The lowest BCUT2D eigenvalue weighted by molar-refractivity contribution is 0.0794. The molecule has 0 bridgehead atoms. The lowest BCUT2D eigenvalue weighted by Gasteiger charge is -2.17. The molecule has 4 rings (SSSR count). The molecule has 0 saturated carbocycles. The Labute approximate surface area is 186 Å². The second-order valence-electron chi connectivity index (χ2n) is 7.41. The SMILES string of the molecule is COc1ccc(-c2cnc3c(Nc4ccc(C(=O)N(C)CCCN)cc4)nccn23)cc1. The molecule has 0 unspecified atom stereocenters. The van der Waals surface area contributed by atoms with Crippen molar-refractivity contribution >= 4 is 23.1 Å². The molecule has 2 aromatic heterocycles. The third kappa shape index (κ3) is 4.40. The van der Waals surface area contributed by atoms with Crippen molar-refractivity contribution in [2.75, 3.05) is 32.6 Å². The van der Waals surface area contributed by atoms with Gasteiger partial charge >= 0.3 is 0 Å². The molecule has 0 aliphatic rings. The lowest BCUT2D eigenvalue weighted by Crippen LogP contribution is -2.28. The van der Waals surface area contributed by atoms with Gasteiger partial charge in [0.2, 0.25) is 0 Å². The summed E-state index contributed by atoms with van der Waals surface area (Å²) in [6.07, 6.45) is 6.21. The van der Waals surface area contributed by atoms with E-state index < -0.39 is 0 Å². The number of nitrogens with zero attached hydrogens (tertiary/aromatic N) is 4. The Morgan fingerprint density at radius 2 is 1.88 bits per heavy atom. The van der Waals surface area contributed by atoms with E-state index in [-0.39, 0.29) is 5.91 Å². The van der Waals surface area contributed by atoms with E-state index in [2.05, 4.69) is 15.3 Å². The maximum absolute atomic E-state index is 12.5. The standard InChI is InChI=1S/C24H26N6O2/c1-29(14-3-12-25)24(31)18-4-8-19(9-5-18)28-22-23-27-16-21(30(23)15-13-26-22)17-6-10-20(32-2)11-7-17/h4-11,13,15-16H,3,12,14,25H2,1-2H3,(H,26,28). The first kappa shape index (κ1) is 21.3. The number of hydrogen-bond acceptors (Lipinski definition) is 6. The van der Waals surface area contributed by atoms with Crippen molar-refractivity contribution in [3.63, 3.8) is 0 Å². The third-order valence-electron chi connectivity index (χ3n) is 5.25. The van der Waals surface area contributed by atoms with E-state index in [1.807, 2.05) is 53.2 Å². The Morgan fingerprint density at radius 1 is 1.12 bits per heavy atom. The number of carbonyl (C=O) groups is 1. The summed E-state index contributed by atoms with van der Waals surface area (Å²) in [7, 11) is 3.43. The van der Waals surface area contributed by atoms with Gasteiger partial charge in [-0.1, -0.05) is 0 Å². The first-order chi connectivity index (χ1) is 15.6. The minimum atomic E-state index is -0.0254. The van der Waals surface area contributed by atoms with E-state index in [0.717, 1.165) is 29.1 Å². The fourth-order valence-electron chi connectivity index (χ4n) is 3.47. The van der Waals surface area contributed by atoms with Crippen LogP contribution in [0.15, 0.2) is 67.1 Å². The Balaban J connectivity index is 1.54. The largest absolute Gasteiger partial charge is 0.497 e. The normalized spacial score (nSPS) is 10.8. The van der Waals surface area contributed by atoms with Gasteiger partial charge in [0.05, 0.1) is 19.0 Å². The summed E-state index contributed by atoms with van der Waals surface area (Å²) in [6.45, 7) is 1.20. The Kier molecular flexibility index (Phi) is 6.32. The van der Waals surface area contributed by atoms with Gasteiger partial charge < -0.3 is 20.7 Å². The number of methoxy groups -OCH3 is 1. The van der Waals surface area contributed by atoms with Crippen LogP contribution in [0.4, 0.5) is 11.5 Å². The number of anilines is 2. The van der Waals surface area contributed by atoms with Crippen LogP contribution in [0.3, 0.4) is 0 Å². The van der Waals surface area contributed by atoms with E-state index in [1.54, 1.807) is 37.4 Å². The Bertz CT molecular complexity index is 1200. The van der Waals surface area contributed by atoms with Crippen molar-refractivity contribution in [2.24, 2.45) is 5.73 Å². The van der Waals surface area contributed by atoms with Gasteiger partial charge in [0, 0.05) is 42.8 Å². The number of amides is 1. The maximum Gasteiger partial charge on any atom is 0.253 e. The molecule has 164 valence electrons. The van der Waals surface area contributed by atoms with Gasteiger partial charge in [-0.3, -0.25) is 9.20 Å². The highest BCUT2D eigenvalue weighted by Gasteiger charge is 2.13. The molecule has 2 aromatic carbocycles. The van der Waals surface area contributed by atoms with Crippen molar-refractivity contribution < 1.29 is 9.53 Å². The summed E-state index contributed by atoms with van der Waals surface area (Å²) in [5.74, 6) is 1.41. The molecule has 2 heterocycles. The molecular formula is C24H26N6O2. The van der Waals surface area contributed by atoms with Crippen molar-refractivity contribution in [3.05, 3.63) is 72.7 Å². The van der Waals surface area contributed by atoms with Gasteiger partial charge in [-0.05, 0) is 61.5 Å². The minimum Gasteiger partial charge on any atom is -0.497 e. The highest BCUT2D eigenvalue weighted by molar-refractivity contribution is 5.94. The van der Waals surface area contributed by atoms with Crippen LogP contribution in [0.5, 0.6) is 5.75 Å². The summed E-state index contributed by atoms with van der Waals surface area (Å²) in [4.78, 5) is 23.2. The van der Waals surface area contributed by atoms with Gasteiger partial charge in [0.1, 0.15) is 5.75 Å². The Hall–Kier alpha value is -3.91. The quantitative estimate of drug-likeness (QED) is 0.444. The minimum absolute atomic E-state index is 0.0254. The monoisotopic (exact) mass is 430 g/mol. The molecule has 0 radical (unpaired) electrons. The summed E-state index contributed by atoms with van der Waals surface area (Å²) < 4.78 is 7.23. The summed E-state index contributed by atoms with van der Waals surface area (Å²) in [6, 6.07) is 15.2. The van der Waals surface area contributed by atoms with Crippen LogP contribution < -0.4 is 15.8 Å². The molecule has 4 aromatic rings. The number of aromatic nitrogens is 3. The zero-order valence-corrected chi connectivity index (χ0v) is 18.2. The third-order valence-corrected chi connectivity index (χ3v) is 5.25. The van der Waals surface area contributed by atoms with Crippen LogP contribution in [-0.2, 0) is 0 Å². The van der Waals surface area contributed by atoms with E-state index in [9.17, 15) is 4.79 Å². The lowest BCUT2D eigenvalue weighted by atomic mass is 10.1. The fourth-order valence-corrected chi connectivity index (χ4v) is 3.47. The molecule has 0 aliphatic heterocycles. The van der Waals surface area contributed by atoms with Gasteiger partial charge in [-0.25, -0.2) is 9.97 Å². The molecule has 3 N–H and O–H groups in total. The van der Waals surface area contributed by atoms with Crippen LogP contribution in [0.2, 0.25) is 0 Å². The predicted octanol–water partition coefficient (Wildman–Crippen LogP) is 3.57. The summed E-state index contributed by atoms with van der Waals surface area (Å²) in [5, 5.41) is 3.30. The molecule has 0 fully saturated rings. The van der Waals surface area contributed by atoms with E-state index in [0.29, 0.717) is 30.1 Å². The van der Waals surface area contributed by atoms with Gasteiger partial charge in [0.25, 0.3) is 5.91 Å². The smallest absolute Gasteiger partial charge is 0.253 e. The van der Waals surface area contributed by atoms with Crippen LogP contribution in [0.25, 0.3) is 16.9 Å². The number of imidazole rings is 1. The topological polar surface area (TPSA) is 97.8 Å². The first-order valence-electron chi connectivity index (χ1n) is 10.4. The molecule has 1 amide bonds. The highest BCUT2D eigenvalue weighted by atomic mass is 16.5. The van der Waals surface area contributed by atoms with Crippen LogP contribution in [0, 0.1) is 0 Å². The van der Waals surface area contributed by atoms with Gasteiger partial charge in [-0.2, -0.15) is 0 Å². The van der Waals surface area contributed by atoms with E-state index >= 15 is 0 Å². The fraction of sp³-hybridized carbons (Fsp3) is 0.208. The maximum atomic E-state index is 12.5. The number of rotatable bonds is 8. The number of carbonyl (C=O) groups excluding carboxylic acids is 1. The molecule has 32 heavy (non-hydrogen) atoms. The zero-order chi connectivity index (χ0) is 22.5. The van der Waals surface area contributed by atoms with Gasteiger partial charge in [-0.15, -0.1) is 0 Å². The second-order valence-corrected chi connectivity index (χ2v) is 7.41. The number of hydrogen-bond donors (Lipinski definition) is 2. The predicted molar refractivity (Wildman–Crippen MR) is 125 cm³/mol. The van der Waals surface area contributed by atoms with Crippen molar-refractivity contribution in [3.8, 4) is 17.0 Å². The average molecular weight is 431 g/mol. The number of nitrogens with one attached hydrogen (secondary N) is 1. The Morgan fingerprint density at radius 3 is 2.56 bits per heavy atom.